The van der Waals surface area contributed by atoms with E-state index >= 15 is 0 Å². The normalized spacial score (nSPS) is 21.3. The first-order chi connectivity index (χ1) is 9.11. The summed E-state index contributed by atoms with van der Waals surface area (Å²) in [5, 5.41) is 0.802. The van der Waals surface area contributed by atoms with E-state index in [9.17, 15) is 0 Å². The molecule has 1 aromatic rings. The fourth-order valence-electron chi connectivity index (χ4n) is 2.50. The summed E-state index contributed by atoms with van der Waals surface area (Å²) < 4.78 is 0. The zero-order valence-electron chi connectivity index (χ0n) is 11.3. The summed E-state index contributed by atoms with van der Waals surface area (Å²) >= 11 is 6.07. The van der Waals surface area contributed by atoms with Crippen molar-refractivity contribution in [1.29, 1.82) is 0 Å². The van der Waals surface area contributed by atoms with Crippen molar-refractivity contribution >= 4 is 17.6 Å². The number of guanidine groups is 1. The maximum absolute atomic E-state index is 6.07. The molecular formula is C15H20ClN3. The van der Waals surface area contributed by atoms with Gasteiger partial charge in [-0.05, 0) is 43.4 Å². The smallest absolute Gasteiger partial charge is 0.191 e. The minimum Gasteiger partial charge on any atom is -0.370 e. The molecule has 0 aromatic heterocycles. The molecule has 4 heteroatoms. The molecule has 0 amide bonds. The first-order valence-corrected chi connectivity index (χ1v) is 7.27. The van der Waals surface area contributed by atoms with Gasteiger partial charge in [0.2, 0.25) is 0 Å². The molecule has 2 aliphatic rings. The lowest BCUT2D eigenvalue weighted by Gasteiger charge is -2.19. The Kier molecular flexibility index (Phi) is 3.17. The Morgan fingerprint density at radius 1 is 1.47 bits per heavy atom. The van der Waals surface area contributed by atoms with Crippen LogP contribution in [-0.2, 0) is 5.41 Å². The molecule has 0 unspecified atom stereocenters. The highest BCUT2D eigenvalue weighted by Gasteiger charge is 2.44. The minimum atomic E-state index is 0.180. The summed E-state index contributed by atoms with van der Waals surface area (Å²) in [6.45, 7) is 0.774. The van der Waals surface area contributed by atoms with E-state index in [1.165, 1.54) is 31.2 Å². The van der Waals surface area contributed by atoms with Gasteiger partial charge in [0.15, 0.2) is 5.96 Å². The van der Waals surface area contributed by atoms with E-state index in [-0.39, 0.29) is 5.41 Å². The molecule has 0 radical (unpaired) electrons. The van der Waals surface area contributed by atoms with Crippen molar-refractivity contribution in [1.82, 2.24) is 4.90 Å². The third kappa shape index (κ3) is 2.71. The third-order valence-electron chi connectivity index (χ3n) is 4.29. The third-order valence-corrected chi connectivity index (χ3v) is 4.53. The van der Waals surface area contributed by atoms with Crippen molar-refractivity contribution in [2.24, 2.45) is 10.7 Å². The van der Waals surface area contributed by atoms with Crippen LogP contribution in [0.3, 0.4) is 0 Å². The zero-order valence-corrected chi connectivity index (χ0v) is 12.0. The van der Waals surface area contributed by atoms with Crippen molar-refractivity contribution in [2.45, 2.75) is 37.1 Å². The highest BCUT2D eigenvalue weighted by Crippen LogP contribution is 2.48. The van der Waals surface area contributed by atoms with E-state index in [4.69, 9.17) is 17.3 Å². The molecule has 2 aliphatic carbocycles. The molecule has 1 aromatic carbocycles. The first kappa shape index (κ1) is 12.8. The second-order valence-corrected chi connectivity index (χ2v) is 6.24. The van der Waals surface area contributed by atoms with E-state index in [0.29, 0.717) is 12.0 Å². The van der Waals surface area contributed by atoms with Crippen molar-refractivity contribution in [2.75, 3.05) is 13.6 Å². The van der Waals surface area contributed by atoms with E-state index in [0.717, 1.165) is 11.6 Å². The first-order valence-electron chi connectivity index (χ1n) is 6.90. The summed E-state index contributed by atoms with van der Waals surface area (Å²) in [5.74, 6) is 0.677. The second kappa shape index (κ2) is 4.71. The van der Waals surface area contributed by atoms with Gasteiger partial charge >= 0.3 is 0 Å². The van der Waals surface area contributed by atoms with Crippen LogP contribution in [0, 0.1) is 0 Å². The van der Waals surface area contributed by atoms with Gasteiger partial charge in [-0.1, -0.05) is 23.7 Å². The van der Waals surface area contributed by atoms with Gasteiger partial charge in [0.05, 0.1) is 6.54 Å². The monoisotopic (exact) mass is 277 g/mol. The predicted molar refractivity (Wildman–Crippen MR) is 79.6 cm³/mol. The molecule has 3 rings (SSSR count). The van der Waals surface area contributed by atoms with E-state index < -0.39 is 0 Å². The van der Waals surface area contributed by atoms with E-state index in [1.54, 1.807) is 0 Å². The summed E-state index contributed by atoms with van der Waals surface area (Å²) in [7, 11) is 2.04. The standard InChI is InChI=1S/C15H20ClN3/c1-19(13-5-6-13)14(17)18-10-15(7-8-15)11-3-2-4-12(16)9-11/h2-4,9,13H,5-8,10H2,1H3,(H2,17,18). The Labute approximate surface area is 119 Å². The van der Waals surface area contributed by atoms with Gasteiger partial charge < -0.3 is 10.6 Å². The van der Waals surface area contributed by atoms with Crippen molar-refractivity contribution in [3.63, 3.8) is 0 Å². The quantitative estimate of drug-likeness (QED) is 0.679. The van der Waals surface area contributed by atoms with Crippen LogP contribution in [0.4, 0.5) is 0 Å². The Morgan fingerprint density at radius 3 is 2.79 bits per heavy atom. The second-order valence-electron chi connectivity index (χ2n) is 5.81. The molecule has 0 spiro atoms. The van der Waals surface area contributed by atoms with Crippen LogP contribution < -0.4 is 5.73 Å². The van der Waals surface area contributed by atoms with Crippen molar-refractivity contribution in [3.05, 3.63) is 34.9 Å². The van der Waals surface area contributed by atoms with Crippen LogP contribution >= 0.6 is 11.6 Å². The number of hydrogen-bond acceptors (Lipinski definition) is 1. The molecule has 0 bridgehead atoms. The molecule has 0 saturated heterocycles. The highest BCUT2D eigenvalue weighted by atomic mass is 35.5. The summed E-state index contributed by atoms with van der Waals surface area (Å²) in [4.78, 5) is 6.71. The average molecular weight is 278 g/mol. The lowest BCUT2D eigenvalue weighted by Crippen LogP contribution is -2.36. The molecule has 0 aliphatic heterocycles. The fraction of sp³-hybridized carbons (Fsp3) is 0.533. The van der Waals surface area contributed by atoms with Crippen LogP contribution in [0.2, 0.25) is 5.02 Å². The molecule has 2 fully saturated rings. The topological polar surface area (TPSA) is 41.6 Å². The molecule has 19 heavy (non-hydrogen) atoms. The number of nitrogens with two attached hydrogens (primary N) is 1. The van der Waals surface area contributed by atoms with Crippen LogP contribution in [-0.4, -0.2) is 30.5 Å². The number of aliphatic imine (C=N–C) groups is 1. The van der Waals surface area contributed by atoms with Crippen LogP contribution in [0.15, 0.2) is 29.3 Å². The fourth-order valence-corrected chi connectivity index (χ4v) is 2.69. The largest absolute Gasteiger partial charge is 0.370 e. The zero-order chi connectivity index (χ0) is 13.5. The van der Waals surface area contributed by atoms with Crippen LogP contribution in [0.5, 0.6) is 0 Å². The molecule has 0 atom stereocenters. The number of benzene rings is 1. The number of halogens is 1. The Morgan fingerprint density at radius 2 is 2.21 bits per heavy atom. The van der Waals surface area contributed by atoms with Gasteiger partial charge in [-0.15, -0.1) is 0 Å². The molecule has 3 nitrogen and oxygen atoms in total. The predicted octanol–water partition coefficient (Wildman–Crippen LogP) is 2.78. The summed E-state index contributed by atoms with van der Waals surface area (Å²) in [5.41, 5.74) is 7.53. The molecule has 0 heterocycles. The molecule has 2 N–H and O–H groups in total. The Hall–Kier alpha value is -1.22. The van der Waals surface area contributed by atoms with Gasteiger partial charge in [0.1, 0.15) is 0 Å². The lowest BCUT2D eigenvalue weighted by atomic mass is 9.96. The van der Waals surface area contributed by atoms with Gasteiger partial charge in [-0.25, -0.2) is 0 Å². The average Bonchev–Trinajstić information content (AvgIpc) is 3.29. The summed E-state index contributed by atoms with van der Waals surface area (Å²) in [6.07, 6.45) is 4.84. The highest BCUT2D eigenvalue weighted by molar-refractivity contribution is 6.30. The Balaban J connectivity index is 1.70. The number of rotatable bonds is 4. The lowest BCUT2D eigenvalue weighted by molar-refractivity contribution is 0.485. The minimum absolute atomic E-state index is 0.180. The summed E-state index contributed by atoms with van der Waals surface area (Å²) in [6, 6.07) is 8.76. The van der Waals surface area contributed by atoms with Gasteiger partial charge in [0.25, 0.3) is 0 Å². The Bertz CT molecular complexity index is 504. The molecule has 2 saturated carbocycles. The van der Waals surface area contributed by atoms with Gasteiger partial charge in [0, 0.05) is 23.5 Å². The van der Waals surface area contributed by atoms with Gasteiger partial charge in [-0.3, -0.25) is 4.99 Å². The van der Waals surface area contributed by atoms with Gasteiger partial charge in [-0.2, -0.15) is 0 Å². The SMILES string of the molecule is CN(C(N)=NCC1(c2cccc(Cl)c2)CC1)C1CC1. The maximum atomic E-state index is 6.07. The van der Waals surface area contributed by atoms with E-state index in [1.807, 2.05) is 19.2 Å². The van der Waals surface area contributed by atoms with Crippen LogP contribution in [0.25, 0.3) is 0 Å². The van der Waals surface area contributed by atoms with Crippen molar-refractivity contribution in [3.8, 4) is 0 Å². The molecule has 102 valence electrons. The maximum Gasteiger partial charge on any atom is 0.191 e. The van der Waals surface area contributed by atoms with E-state index in [2.05, 4.69) is 22.0 Å². The van der Waals surface area contributed by atoms with Crippen LogP contribution in [0.1, 0.15) is 31.2 Å². The number of nitrogens with zero attached hydrogens (tertiary/aromatic N) is 2. The van der Waals surface area contributed by atoms with Crippen molar-refractivity contribution < 1.29 is 0 Å². The molecular weight excluding hydrogens is 258 g/mol. The number of hydrogen-bond donors (Lipinski definition) is 1.